The molecule has 112 valence electrons. The predicted molar refractivity (Wildman–Crippen MR) is 79.6 cm³/mol. The van der Waals surface area contributed by atoms with Gasteiger partial charge in [0.1, 0.15) is 23.1 Å². The Morgan fingerprint density at radius 1 is 1.10 bits per heavy atom. The Kier molecular flexibility index (Phi) is 4.91. The van der Waals surface area contributed by atoms with Gasteiger partial charge in [-0.25, -0.2) is 8.78 Å². The Balaban J connectivity index is 2.26. The number of ether oxygens (including phenoxy) is 1. The standard InChI is InChI=1S/C17H19F2NO/c1-11(2)20-10-14-15(18)5-4-6-17(14)21-13-8-7-12(3)16(19)9-13/h4-9,11,20H,10H2,1-3H3. The molecule has 21 heavy (non-hydrogen) atoms. The van der Waals surface area contributed by atoms with Crippen LogP contribution in [0.15, 0.2) is 36.4 Å². The number of benzene rings is 2. The van der Waals surface area contributed by atoms with Crippen molar-refractivity contribution in [2.75, 3.05) is 0 Å². The maximum Gasteiger partial charge on any atom is 0.134 e. The molecule has 0 aliphatic heterocycles. The van der Waals surface area contributed by atoms with Crippen LogP contribution in [0.1, 0.15) is 25.0 Å². The van der Waals surface area contributed by atoms with E-state index in [9.17, 15) is 8.78 Å². The zero-order valence-corrected chi connectivity index (χ0v) is 12.4. The smallest absolute Gasteiger partial charge is 0.134 e. The van der Waals surface area contributed by atoms with Gasteiger partial charge in [0.15, 0.2) is 0 Å². The highest BCUT2D eigenvalue weighted by Gasteiger charge is 2.11. The summed E-state index contributed by atoms with van der Waals surface area (Å²) in [5.74, 6) is 0.0693. The van der Waals surface area contributed by atoms with Gasteiger partial charge in [-0.3, -0.25) is 0 Å². The number of hydrogen-bond acceptors (Lipinski definition) is 2. The summed E-state index contributed by atoms with van der Waals surface area (Å²) < 4.78 is 33.1. The minimum Gasteiger partial charge on any atom is -0.457 e. The monoisotopic (exact) mass is 291 g/mol. The number of aryl methyl sites for hydroxylation is 1. The molecule has 1 N–H and O–H groups in total. The first-order valence-electron chi connectivity index (χ1n) is 6.92. The molecular formula is C17H19F2NO. The van der Waals surface area contributed by atoms with Gasteiger partial charge in [0.25, 0.3) is 0 Å². The fraction of sp³-hybridized carbons (Fsp3) is 0.294. The van der Waals surface area contributed by atoms with Crippen LogP contribution in [0, 0.1) is 18.6 Å². The second-order valence-corrected chi connectivity index (χ2v) is 5.27. The average molecular weight is 291 g/mol. The van der Waals surface area contributed by atoms with Crippen molar-refractivity contribution in [3.63, 3.8) is 0 Å². The van der Waals surface area contributed by atoms with E-state index in [0.29, 0.717) is 29.2 Å². The predicted octanol–water partition coefficient (Wildman–Crippen LogP) is 4.56. The Morgan fingerprint density at radius 2 is 1.86 bits per heavy atom. The lowest BCUT2D eigenvalue weighted by Crippen LogP contribution is -2.22. The summed E-state index contributed by atoms with van der Waals surface area (Å²) in [6.07, 6.45) is 0. The van der Waals surface area contributed by atoms with E-state index in [1.807, 2.05) is 13.8 Å². The molecule has 4 heteroatoms. The lowest BCUT2D eigenvalue weighted by molar-refractivity contribution is 0.453. The Morgan fingerprint density at radius 3 is 2.52 bits per heavy atom. The lowest BCUT2D eigenvalue weighted by Gasteiger charge is -2.14. The molecule has 0 saturated heterocycles. The molecule has 2 rings (SSSR count). The van der Waals surface area contributed by atoms with Crippen molar-refractivity contribution < 1.29 is 13.5 Å². The van der Waals surface area contributed by atoms with Gasteiger partial charge in [-0.05, 0) is 30.7 Å². The summed E-state index contributed by atoms with van der Waals surface area (Å²) >= 11 is 0. The summed E-state index contributed by atoms with van der Waals surface area (Å²) in [4.78, 5) is 0. The molecule has 0 spiro atoms. The zero-order chi connectivity index (χ0) is 15.4. The zero-order valence-electron chi connectivity index (χ0n) is 12.4. The molecule has 0 aromatic heterocycles. The molecule has 0 aliphatic rings. The topological polar surface area (TPSA) is 21.3 Å². The van der Waals surface area contributed by atoms with Crippen LogP contribution in [-0.2, 0) is 6.54 Å². The van der Waals surface area contributed by atoms with Gasteiger partial charge in [0.05, 0.1) is 0 Å². The Labute approximate surface area is 123 Å². The van der Waals surface area contributed by atoms with Gasteiger partial charge in [-0.1, -0.05) is 26.0 Å². The molecule has 0 bridgehead atoms. The Hall–Kier alpha value is -1.94. The molecule has 0 saturated carbocycles. The Bertz CT molecular complexity index is 626. The molecular weight excluding hydrogens is 272 g/mol. The molecule has 0 atom stereocenters. The van der Waals surface area contributed by atoms with E-state index in [2.05, 4.69) is 5.32 Å². The molecule has 2 nitrogen and oxygen atoms in total. The summed E-state index contributed by atoms with van der Waals surface area (Å²) in [5, 5.41) is 3.16. The third-order valence-corrected chi connectivity index (χ3v) is 3.13. The van der Waals surface area contributed by atoms with E-state index < -0.39 is 0 Å². The van der Waals surface area contributed by atoms with Crippen LogP contribution in [0.25, 0.3) is 0 Å². The molecule has 0 aliphatic carbocycles. The second-order valence-electron chi connectivity index (χ2n) is 5.27. The third kappa shape index (κ3) is 4.02. The molecule has 2 aromatic carbocycles. The maximum atomic E-state index is 14.0. The third-order valence-electron chi connectivity index (χ3n) is 3.13. The molecule has 0 amide bonds. The SMILES string of the molecule is Cc1ccc(Oc2cccc(F)c2CNC(C)C)cc1F. The van der Waals surface area contributed by atoms with Crippen molar-refractivity contribution in [1.29, 1.82) is 0 Å². The van der Waals surface area contributed by atoms with Crippen LogP contribution in [0.4, 0.5) is 8.78 Å². The summed E-state index contributed by atoms with van der Waals surface area (Å²) in [7, 11) is 0. The number of nitrogens with one attached hydrogen (secondary N) is 1. The highest BCUT2D eigenvalue weighted by Crippen LogP contribution is 2.28. The molecule has 0 unspecified atom stereocenters. The number of halogens is 2. The van der Waals surface area contributed by atoms with E-state index >= 15 is 0 Å². The van der Waals surface area contributed by atoms with E-state index in [-0.39, 0.29) is 17.7 Å². The van der Waals surface area contributed by atoms with E-state index in [1.165, 1.54) is 12.1 Å². The van der Waals surface area contributed by atoms with Crippen molar-refractivity contribution >= 4 is 0 Å². The van der Waals surface area contributed by atoms with E-state index in [4.69, 9.17) is 4.74 Å². The molecule has 0 fully saturated rings. The normalized spacial score (nSPS) is 11.0. The van der Waals surface area contributed by atoms with E-state index in [1.54, 1.807) is 31.2 Å². The summed E-state index contributed by atoms with van der Waals surface area (Å²) in [6.45, 7) is 6.00. The highest BCUT2D eigenvalue weighted by molar-refractivity contribution is 5.39. The fourth-order valence-electron chi connectivity index (χ4n) is 1.88. The van der Waals surface area contributed by atoms with Crippen molar-refractivity contribution in [3.05, 3.63) is 59.2 Å². The van der Waals surface area contributed by atoms with Gasteiger partial charge in [-0.2, -0.15) is 0 Å². The van der Waals surface area contributed by atoms with Crippen LogP contribution in [0.3, 0.4) is 0 Å². The lowest BCUT2D eigenvalue weighted by atomic mass is 10.1. The highest BCUT2D eigenvalue weighted by atomic mass is 19.1. The quantitative estimate of drug-likeness (QED) is 0.871. The first-order chi connectivity index (χ1) is 9.97. The average Bonchev–Trinajstić information content (AvgIpc) is 2.42. The molecule has 0 heterocycles. The molecule has 2 aromatic rings. The minimum absolute atomic E-state index is 0.231. The number of hydrogen-bond donors (Lipinski definition) is 1. The van der Waals surface area contributed by atoms with Gasteiger partial charge < -0.3 is 10.1 Å². The van der Waals surface area contributed by atoms with Gasteiger partial charge >= 0.3 is 0 Å². The van der Waals surface area contributed by atoms with Gasteiger partial charge in [-0.15, -0.1) is 0 Å². The van der Waals surface area contributed by atoms with Crippen LogP contribution in [-0.4, -0.2) is 6.04 Å². The van der Waals surface area contributed by atoms with Crippen LogP contribution in [0.5, 0.6) is 11.5 Å². The summed E-state index contributed by atoms with van der Waals surface area (Å²) in [5.41, 5.74) is 0.982. The maximum absolute atomic E-state index is 14.0. The summed E-state index contributed by atoms with van der Waals surface area (Å²) in [6, 6.07) is 9.49. The van der Waals surface area contributed by atoms with E-state index in [0.717, 1.165) is 0 Å². The number of rotatable bonds is 5. The second kappa shape index (κ2) is 6.68. The van der Waals surface area contributed by atoms with Crippen LogP contribution < -0.4 is 10.1 Å². The van der Waals surface area contributed by atoms with Gasteiger partial charge in [0.2, 0.25) is 0 Å². The molecule has 0 radical (unpaired) electrons. The van der Waals surface area contributed by atoms with Crippen LogP contribution >= 0.6 is 0 Å². The first-order valence-corrected chi connectivity index (χ1v) is 6.92. The van der Waals surface area contributed by atoms with Crippen molar-refractivity contribution in [1.82, 2.24) is 5.32 Å². The van der Waals surface area contributed by atoms with Gasteiger partial charge in [0, 0.05) is 24.2 Å². The minimum atomic E-state index is -0.342. The largest absolute Gasteiger partial charge is 0.457 e. The van der Waals surface area contributed by atoms with Crippen LogP contribution in [0.2, 0.25) is 0 Å². The van der Waals surface area contributed by atoms with Crippen molar-refractivity contribution in [3.8, 4) is 11.5 Å². The fourth-order valence-corrected chi connectivity index (χ4v) is 1.88. The van der Waals surface area contributed by atoms with Crippen molar-refractivity contribution in [2.24, 2.45) is 0 Å². The first kappa shape index (κ1) is 15.4. The van der Waals surface area contributed by atoms with Crippen molar-refractivity contribution in [2.45, 2.75) is 33.4 Å².